The first-order valence-corrected chi connectivity index (χ1v) is 10.8. The van der Waals surface area contributed by atoms with Gasteiger partial charge in [0.05, 0.1) is 35.6 Å². The van der Waals surface area contributed by atoms with E-state index in [1.54, 1.807) is 38.5 Å². The summed E-state index contributed by atoms with van der Waals surface area (Å²) in [6.45, 7) is 5.69. The summed E-state index contributed by atoms with van der Waals surface area (Å²) in [7, 11) is 1.79. The van der Waals surface area contributed by atoms with Gasteiger partial charge in [-0.05, 0) is 51.5 Å². The molecule has 1 aliphatic rings. The number of alkyl carbamates (subject to hydrolysis) is 1. The van der Waals surface area contributed by atoms with Gasteiger partial charge in [-0.3, -0.25) is 0 Å². The van der Waals surface area contributed by atoms with Crippen molar-refractivity contribution in [1.29, 1.82) is 0 Å². The summed E-state index contributed by atoms with van der Waals surface area (Å²) >= 11 is 0. The summed E-state index contributed by atoms with van der Waals surface area (Å²) in [5.41, 5.74) is 8.34. The third-order valence-corrected chi connectivity index (χ3v) is 5.66. The molecule has 33 heavy (non-hydrogen) atoms. The van der Waals surface area contributed by atoms with Crippen LogP contribution in [0.5, 0.6) is 0 Å². The van der Waals surface area contributed by atoms with E-state index >= 15 is 0 Å². The van der Waals surface area contributed by atoms with E-state index < -0.39 is 17.5 Å². The number of fused-ring (bicyclic) bond motifs is 1. The lowest BCUT2D eigenvalue weighted by molar-refractivity contribution is 0.0507. The standard InChI is InChI=1S/C23H29FN6O3/c1-23(2,3)33-22(32)27-13-10-14(12-31)30(11-13)20-16(25)7-8-17-19(20)28-21(29(17)4)18-15(24)6-5-9-26-18/h5-9,13-14,31H,10-12,25H2,1-4H3,(H,27,32)/t13-,14+/m1/s1. The second kappa shape index (κ2) is 8.51. The molecule has 0 aliphatic carbocycles. The number of aliphatic hydroxyl groups is 1. The van der Waals surface area contributed by atoms with Crippen molar-refractivity contribution < 1.29 is 19.0 Å². The quantitative estimate of drug-likeness (QED) is 0.517. The lowest BCUT2D eigenvalue weighted by Gasteiger charge is -2.27. The molecule has 0 saturated carbocycles. The number of pyridine rings is 1. The van der Waals surface area contributed by atoms with Crippen molar-refractivity contribution >= 4 is 28.5 Å². The van der Waals surface area contributed by atoms with Crippen molar-refractivity contribution in [3.05, 3.63) is 36.3 Å². The summed E-state index contributed by atoms with van der Waals surface area (Å²) in [6, 6.07) is 5.93. The zero-order valence-electron chi connectivity index (χ0n) is 19.2. The van der Waals surface area contributed by atoms with Crippen molar-refractivity contribution in [3.8, 4) is 11.5 Å². The molecule has 0 bridgehead atoms. The predicted molar refractivity (Wildman–Crippen MR) is 124 cm³/mol. The van der Waals surface area contributed by atoms with Gasteiger partial charge in [-0.2, -0.15) is 0 Å². The summed E-state index contributed by atoms with van der Waals surface area (Å²) in [6.07, 6.45) is 1.52. The molecule has 9 nitrogen and oxygen atoms in total. The molecule has 3 heterocycles. The number of ether oxygens (including phenoxy) is 1. The molecule has 3 aromatic rings. The Morgan fingerprint density at radius 3 is 2.79 bits per heavy atom. The number of aliphatic hydroxyl groups excluding tert-OH is 1. The van der Waals surface area contributed by atoms with Gasteiger partial charge in [0.25, 0.3) is 0 Å². The zero-order chi connectivity index (χ0) is 23.9. The van der Waals surface area contributed by atoms with Gasteiger partial charge in [0.2, 0.25) is 0 Å². The van der Waals surface area contributed by atoms with Gasteiger partial charge in [-0.25, -0.2) is 19.2 Å². The number of hydrogen-bond donors (Lipinski definition) is 3. The number of nitrogens with zero attached hydrogens (tertiary/aromatic N) is 4. The molecule has 2 atom stereocenters. The number of nitrogen functional groups attached to an aromatic ring is 1. The number of hydrogen-bond acceptors (Lipinski definition) is 7. The van der Waals surface area contributed by atoms with Crippen LogP contribution in [-0.2, 0) is 11.8 Å². The minimum Gasteiger partial charge on any atom is -0.444 e. The second-order valence-corrected chi connectivity index (χ2v) is 9.27. The number of halogens is 1. The molecule has 2 aromatic heterocycles. The number of aromatic nitrogens is 3. The fraction of sp³-hybridized carbons (Fsp3) is 0.435. The summed E-state index contributed by atoms with van der Waals surface area (Å²) in [4.78, 5) is 23.1. The number of carbonyl (C=O) groups is 1. The molecule has 1 aromatic carbocycles. The molecule has 10 heteroatoms. The van der Waals surface area contributed by atoms with Crippen LogP contribution in [0.2, 0.25) is 0 Å². The van der Waals surface area contributed by atoms with Crippen LogP contribution in [-0.4, -0.2) is 56.6 Å². The molecular weight excluding hydrogens is 427 g/mol. The molecule has 1 amide bonds. The maximum absolute atomic E-state index is 14.4. The number of nitrogens with one attached hydrogen (secondary N) is 1. The van der Waals surface area contributed by atoms with Gasteiger partial charge in [-0.1, -0.05) is 0 Å². The minimum atomic E-state index is -0.611. The molecule has 176 valence electrons. The van der Waals surface area contributed by atoms with Crippen LogP contribution in [0, 0.1) is 5.82 Å². The van der Waals surface area contributed by atoms with Crippen LogP contribution in [0.15, 0.2) is 30.5 Å². The van der Waals surface area contributed by atoms with Gasteiger partial charge in [0.15, 0.2) is 11.6 Å². The maximum Gasteiger partial charge on any atom is 0.407 e. The first kappa shape index (κ1) is 22.8. The Morgan fingerprint density at radius 2 is 2.12 bits per heavy atom. The highest BCUT2D eigenvalue weighted by atomic mass is 19.1. The van der Waals surface area contributed by atoms with Gasteiger partial charge in [0.1, 0.15) is 16.8 Å². The maximum atomic E-state index is 14.4. The molecule has 1 saturated heterocycles. The van der Waals surface area contributed by atoms with Crippen LogP contribution >= 0.6 is 0 Å². The fourth-order valence-corrected chi connectivity index (χ4v) is 4.27. The number of benzene rings is 1. The summed E-state index contributed by atoms with van der Waals surface area (Å²) < 4.78 is 21.6. The van der Waals surface area contributed by atoms with Crippen LogP contribution in [0.4, 0.5) is 20.6 Å². The van der Waals surface area contributed by atoms with Crippen LogP contribution in [0.1, 0.15) is 27.2 Å². The van der Waals surface area contributed by atoms with E-state index in [9.17, 15) is 14.3 Å². The molecule has 4 rings (SSSR count). The zero-order valence-corrected chi connectivity index (χ0v) is 19.2. The lowest BCUT2D eigenvalue weighted by Crippen LogP contribution is -2.40. The molecule has 1 fully saturated rings. The number of aryl methyl sites for hydroxylation is 1. The van der Waals surface area contributed by atoms with Gasteiger partial charge in [0, 0.05) is 19.8 Å². The van der Waals surface area contributed by atoms with Crippen LogP contribution in [0.25, 0.3) is 22.6 Å². The van der Waals surface area contributed by atoms with E-state index in [2.05, 4.69) is 10.3 Å². The third-order valence-electron chi connectivity index (χ3n) is 5.66. The van der Waals surface area contributed by atoms with E-state index in [-0.39, 0.29) is 24.4 Å². The van der Waals surface area contributed by atoms with Gasteiger partial charge >= 0.3 is 6.09 Å². The largest absolute Gasteiger partial charge is 0.444 e. The topological polar surface area (TPSA) is 119 Å². The predicted octanol–water partition coefficient (Wildman–Crippen LogP) is 2.82. The van der Waals surface area contributed by atoms with Gasteiger partial charge < -0.3 is 30.4 Å². The van der Waals surface area contributed by atoms with E-state index in [1.165, 1.54) is 18.3 Å². The summed E-state index contributed by atoms with van der Waals surface area (Å²) in [5, 5.41) is 12.9. The average molecular weight is 457 g/mol. The highest BCUT2D eigenvalue weighted by Crippen LogP contribution is 2.38. The molecule has 1 aliphatic heterocycles. The SMILES string of the molecule is Cn1c(-c2ncccc2F)nc2c(N3C[C@H](NC(=O)OC(C)(C)C)C[C@H]3CO)c(N)ccc21. The molecule has 0 radical (unpaired) electrons. The van der Waals surface area contributed by atoms with E-state index in [4.69, 9.17) is 15.5 Å². The van der Waals surface area contributed by atoms with Crippen LogP contribution < -0.4 is 16.0 Å². The Kier molecular flexibility index (Phi) is 5.87. The van der Waals surface area contributed by atoms with Crippen molar-refractivity contribution in [2.24, 2.45) is 7.05 Å². The molecule has 4 N–H and O–H groups in total. The van der Waals surface area contributed by atoms with E-state index in [1.807, 2.05) is 11.0 Å². The first-order valence-electron chi connectivity index (χ1n) is 10.8. The fourth-order valence-electron chi connectivity index (χ4n) is 4.27. The van der Waals surface area contributed by atoms with E-state index in [0.717, 1.165) is 5.52 Å². The molecule has 0 spiro atoms. The lowest BCUT2D eigenvalue weighted by atomic mass is 10.1. The monoisotopic (exact) mass is 456 g/mol. The average Bonchev–Trinajstić information content (AvgIpc) is 3.27. The van der Waals surface area contributed by atoms with Crippen molar-refractivity contribution in [2.45, 2.75) is 44.9 Å². The van der Waals surface area contributed by atoms with Crippen molar-refractivity contribution in [2.75, 3.05) is 23.8 Å². The number of anilines is 2. The smallest absolute Gasteiger partial charge is 0.407 e. The Bertz CT molecular complexity index is 1190. The number of carbonyl (C=O) groups excluding carboxylic acids is 1. The number of imidazole rings is 1. The number of amides is 1. The highest BCUT2D eigenvalue weighted by molar-refractivity contribution is 5.98. The third kappa shape index (κ3) is 4.43. The minimum absolute atomic E-state index is 0.128. The Balaban J connectivity index is 1.71. The second-order valence-electron chi connectivity index (χ2n) is 9.27. The van der Waals surface area contributed by atoms with Crippen molar-refractivity contribution in [3.63, 3.8) is 0 Å². The first-order chi connectivity index (χ1) is 15.6. The normalized spacial score (nSPS) is 18.7. The number of nitrogens with two attached hydrogens (primary N) is 1. The molecule has 0 unspecified atom stereocenters. The van der Waals surface area contributed by atoms with Crippen LogP contribution in [0.3, 0.4) is 0 Å². The highest BCUT2D eigenvalue weighted by Gasteiger charge is 2.36. The Hall–Kier alpha value is -3.40. The Labute approximate surface area is 191 Å². The number of rotatable bonds is 4. The Morgan fingerprint density at radius 1 is 1.36 bits per heavy atom. The van der Waals surface area contributed by atoms with Crippen molar-refractivity contribution in [1.82, 2.24) is 19.9 Å². The summed E-state index contributed by atoms with van der Waals surface area (Å²) in [5.74, 6) is -0.0976. The van der Waals surface area contributed by atoms with E-state index in [0.29, 0.717) is 35.7 Å². The molecular formula is C23H29FN6O3. The van der Waals surface area contributed by atoms with Gasteiger partial charge in [-0.15, -0.1) is 0 Å².